The molecule has 1 rings (SSSR count). The van der Waals surface area contributed by atoms with Gasteiger partial charge in [-0.05, 0) is 12.1 Å². The zero-order valence-electron chi connectivity index (χ0n) is 7.40. The van der Waals surface area contributed by atoms with E-state index in [1.54, 1.807) is 12.1 Å². The maximum absolute atomic E-state index is 13.0. The van der Waals surface area contributed by atoms with Gasteiger partial charge in [0.1, 0.15) is 5.82 Å². The number of nitrogens with one attached hydrogen (secondary N) is 1. The summed E-state index contributed by atoms with van der Waals surface area (Å²) in [5.74, 6) is -0.697. The van der Waals surface area contributed by atoms with Crippen molar-refractivity contribution in [1.29, 1.82) is 0 Å². The molecule has 0 heterocycles. The second-order valence-electron chi connectivity index (χ2n) is 2.76. The third-order valence-electron chi connectivity index (χ3n) is 1.67. The molecule has 0 saturated carbocycles. The van der Waals surface area contributed by atoms with Crippen molar-refractivity contribution in [3.05, 3.63) is 30.1 Å². The van der Waals surface area contributed by atoms with Gasteiger partial charge >= 0.3 is 0 Å². The molecule has 3 N–H and O–H groups in total. The van der Waals surface area contributed by atoms with Crippen molar-refractivity contribution >= 4 is 24.2 Å². The third kappa shape index (κ3) is 2.71. The van der Waals surface area contributed by atoms with Crippen LogP contribution in [0.1, 0.15) is 0 Å². The minimum Gasteiger partial charge on any atom is -0.322 e. The van der Waals surface area contributed by atoms with Crippen molar-refractivity contribution in [2.75, 3.05) is 11.1 Å². The number of hydrogen-bond acceptors (Lipinski definition) is 3. The number of carbonyl (C=O) groups excluding carboxylic acids is 1. The van der Waals surface area contributed by atoms with Crippen molar-refractivity contribution in [1.82, 2.24) is 0 Å². The standard InChI is InChI=1S/C9H11FN2OS/c10-6-3-1-2-4-8(6)12-9(13)7(11)5-14/h1-4,7,14H,5,11H2,(H,12,13). The lowest BCUT2D eigenvalue weighted by atomic mass is 10.2. The van der Waals surface area contributed by atoms with Crippen LogP contribution in [0.4, 0.5) is 10.1 Å². The Labute approximate surface area is 86.9 Å². The average Bonchev–Trinajstić information content (AvgIpc) is 2.20. The van der Waals surface area contributed by atoms with E-state index in [9.17, 15) is 9.18 Å². The highest BCUT2D eigenvalue weighted by Crippen LogP contribution is 2.12. The minimum atomic E-state index is -0.724. The van der Waals surface area contributed by atoms with Crippen LogP contribution in [0.5, 0.6) is 0 Å². The van der Waals surface area contributed by atoms with Crippen LogP contribution in [-0.4, -0.2) is 17.7 Å². The SMILES string of the molecule is NC(CS)C(=O)Nc1ccccc1F. The molecule has 3 nitrogen and oxygen atoms in total. The normalized spacial score (nSPS) is 12.2. The molecule has 0 saturated heterocycles. The molecule has 0 aliphatic rings. The van der Waals surface area contributed by atoms with E-state index >= 15 is 0 Å². The summed E-state index contributed by atoms with van der Waals surface area (Å²) in [7, 11) is 0. The Kier molecular flexibility index (Phi) is 3.91. The third-order valence-corrected chi connectivity index (χ3v) is 2.06. The Morgan fingerprint density at radius 3 is 2.79 bits per heavy atom. The lowest BCUT2D eigenvalue weighted by molar-refractivity contribution is -0.116. The second kappa shape index (κ2) is 4.97. The lowest BCUT2D eigenvalue weighted by Crippen LogP contribution is -2.37. The lowest BCUT2D eigenvalue weighted by Gasteiger charge is -2.09. The van der Waals surface area contributed by atoms with Crippen LogP contribution < -0.4 is 11.1 Å². The van der Waals surface area contributed by atoms with Gasteiger partial charge in [0.15, 0.2) is 0 Å². The van der Waals surface area contributed by atoms with E-state index in [1.165, 1.54) is 12.1 Å². The molecule has 0 aromatic heterocycles. The molecule has 76 valence electrons. The number of anilines is 1. The van der Waals surface area contributed by atoms with E-state index in [0.717, 1.165) is 0 Å². The summed E-state index contributed by atoms with van der Waals surface area (Å²) in [4.78, 5) is 11.2. The minimum absolute atomic E-state index is 0.134. The molecule has 0 aliphatic heterocycles. The molecule has 0 spiro atoms. The van der Waals surface area contributed by atoms with E-state index in [1.807, 2.05) is 0 Å². The van der Waals surface area contributed by atoms with Gasteiger partial charge in [-0.15, -0.1) is 0 Å². The van der Waals surface area contributed by atoms with Gasteiger partial charge in [0.2, 0.25) is 5.91 Å². The van der Waals surface area contributed by atoms with Crippen LogP contribution in [0.15, 0.2) is 24.3 Å². The Hall–Kier alpha value is -1.07. The smallest absolute Gasteiger partial charge is 0.242 e. The van der Waals surface area contributed by atoms with E-state index in [0.29, 0.717) is 0 Å². The molecule has 1 aromatic carbocycles. The van der Waals surface area contributed by atoms with Gasteiger partial charge in [-0.1, -0.05) is 12.1 Å². The molecule has 1 amide bonds. The molecular formula is C9H11FN2OS. The maximum atomic E-state index is 13.0. The molecule has 14 heavy (non-hydrogen) atoms. The first kappa shape index (κ1) is 11.0. The Morgan fingerprint density at radius 2 is 2.21 bits per heavy atom. The van der Waals surface area contributed by atoms with Crippen LogP contribution in [0.25, 0.3) is 0 Å². The van der Waals surface area contributed by atoms with Gasteiger partial charge in [-0.3, -0.25) is 4.79 Å². The predicted molar refractivity (Wildman–Crippen MR) is 56.9 cm³/mol. The Balaban J connectivity index is 2.70. The van der Waals surface area contributed by atoms with Crippen molar-refractivity contribution < 1.29 is 9.18 Å². The summed E-state index contributed by atoms with van der Waals surface area (Å²) in [6.45, 7) is 0. The zero-order chi connectivity index (χ0) is 10.6. The van der Waals surface area contributed by atoms with Gasteiger partial charge in [-0.25, -0.2) is 4.39 Å². The highest BCUT2D eigenvalue weighted by Gasteiger charge is 2.12. The largest absolute Gasteiger partial charge is 0.322 e. The van der Waals surface area contributed by atoms with Gasteiger partial charge in [0.25, 0.3) is 0 Å². The van der Waals surface area contributed by atoms with Crippen LogP contribution in [-0.2, 0) is 4.79 Å². The number of nitrogens with two attached hydrogens (primary N) is 1. The van der Waals surface area contributed by atoms with E-state index < -0.39 is 17.8 Å². The molecule has 0 fully saturated rings. The summed E-state index contributed by atoms with van der Waals surface area (Å²) in [6, 6.07) is 5.19. The average molecular weight is 214 g/mol. The number of halogens is 1. The van der Waals surface area contributed by atoms with Gasteiger partial charge < -0.3 is 11.1 Å². The second-order valence-corrected chi connectivity index (χ2v) is 3.12. The summed E-state index contributed by atoms with van der Waals surface area (Å²) in [5.41, 5.74) is 5.54. The number of amides is 1. The van der Waals surface area contributed by atoms with Crippen LogP contribution in [0.2, 0.25) is 0 Å². The first-order chi connectivity index (χ1) is 6.65. The topological polar surface area (TPSA) is 55.1 Å². The van der Waals surface area contributed by atoms with Gasteiger partial charge in [0.05, 0.1) is 11.7 Å². The molecule has 0 radical (unpaired) electrons. The van der Waals surface area contributed by atoms with E-state index in [2.05, 4.69) is 17.9 Å². The number of benzene rings is 1. The molecule has 1 atom stereocenters. The maximum Gasteiger partial charge on any atom is 0.242 e. The summed E-state index contributed by atoms with van der Waals surface area (Å²) < 4.78 is 13.0. The van der Waals surface area contributed by atoms with Crippen molar-refractivity contribution in [3.8, 4) is 0 Å². The van der Waals surface area contributed by atoms with Crippen LogP contribution in [0.3, 0.4) is 0 Å². The summed E-state index contributed by atoms with van der Waals surface area (Å²) >= 11 is 3.87. The highest BCUT2D eigenvalue weighted by atomic mass is 32.1. The Bertz CT molecular complexity index is 332. The van der Waals surface area contributed by atoms with Crippen molar-refractivity contribution in [2.24, 2.45) is 5.73 Å². The predicted octanol–water partition coefficient (Wildman–Crippen LogP) is 1.02. The van der Waals surface area contributed by atoms with Crippen molar-refractivity contribution in [3.63, 3.8) is 0 Å². The van der Waals surface area contributed by atoms with Gasteiger partial charge in [-0.2, -0.15) is 12.6 Å². The fraction of sp³-hybridized carbons (Fsp3) is 0.222. The highest BCUT2D eigenvalue weighted by molar-refractivity contribution is 7.80. The summed E-state index contributed by atoms with van der Waals surface area (Å²) in [5, 5.41) is 2.37. The van der Waals surface area contributed by atoms with E-state index in [-0.39, 0.29) is 11.4 Å². The van der Waals surface area contributed by atoms with Crippen molar-refractivity contribution in [2.45, 2.75) is 6.04 Å². The van der Waals surface area contributed by atoms with E-state index in [4.69, 9.17) is 5.73 Å². The molecule has 1 aromatic rings. The quantitative estimate of drug-likeness (QED) is 0.658. The first-order valence-electron chi connectivity index (χ1n) is 4.07. The number of thiol groups is 1. The number of rotatable bonds is 3. The number of carbonyl (C=O) groups is 1. The molecule has 0 bridgehead atoms. The fourth-order valence-corrected chi connectivity index (χ4v) is 1.04. The molecule has 1 unspecified atom stereocenters. The molecule has 5 heteroatoms. The fourth-order valence-electron chi connectivity index (χ4n) is 0.871. The first-order valence-corrected chi connectivity index (χ1v) is 4.70. The number of hydrogen-bond donors (Lipinski definition) is 3. The monoisotopic (exact) mass is 214 g/mol. The molecular weight excluding hydrogens is 203 g/mol. The van der Waals surface area contributed by atoms with Gasteiger partial charge in [0, 0.05) is 5.75 Å². The van der Waals surface area contributed by atoms with Crippen LogP contribution in [0, 0.1) is 5.82 Å². The summed E-state index contributed by atoms with van der Waals surface area (Å²) in [6.07, 6.45) is 0. The Morgan fingerprint density at radius 1 is 1.57 bits per heavy atom. The molecule has 0 aliphatic carbocycles. The zero-order valence-corrected chi connectivity index (χ0v) is 8.30. The van der Waals surface area contributed by atoms with Crippen LogP contribution >= 0.6 is 12.6 Å². The number of para-hydroxylation sites is 1.